The Morgan fingerprint density at radius 3 is 2.64 bits per heavy atom. The molecule has 2 aromatic rings. The molecule has 0 bridgehead atoms. The van der Waals surface area contributed by atoms with E-state index < -0.39 is 28.2 Å². The highest BCUT2D eigenvalue weighted by Crippen LogP contribution is 2.36. The van der Waals surface area contributed by atoms with Crippen molar-refractivity contribution in [3.05, 3.63) is 39.2 Å². The summed E-state index contributed by atoms with van der Waals surface area (Å²) >= 11 is 0. The van der Waals surface area contributed by atoms with E-state index in [1.165, 1.54) is 0 Å². The minimum absolute atomic E-state index is 0.0513. The van der Waals surface area contributed by atoms with E-state index in [9.17, 15) is 23.3 Å². The van der Waals surface area contributed by atoms with Crippen molar-refractivity contribution in [2.24, 2.45) is 0 Å². The van der Waals surface area contributed by atoms with Crippen LogP contribution in [0.3, 0.4) is 0 Å². The van der Waals surface area contributed by atoms with Crippen LogP contribution in [0, 0.1) is 17.0 Å². The number of ether oxygens (including phenoxy) is 1. The van der Waals surface area contributed by atoms with E-state index in [2.05, 4.69) is 15.2 Å². The Labute approximate surface area is 122 Å². The average Bonchev–Trinajstić information content (AvgIpc) is 2.78. The van der Waals surface area contributed by atoms with Gasteiger partial charge in [-0.15, -0.1) is 5.10 Å². The normalized spacial score (nSPS) is 11.5. The summed E-state index contributed by atoms with van der Waals surface area (Å²) in [4.78, 5) is 13.4. The Balaban J connectivity index is 2.45. The highest BCUT2D eigenvalue weighted by molar-refractivity contribution is 5.46. The lowest BCUT2D eigenvalue weighted by Crippen LogP contribution is -2.07. The molecule has 0 aliphatic heterocycles. The third-order valence-electron chi connectivity index (χ3n) is 2.94. The maximum Gasteiger partial charge on any atom is 0.418 e. The molecular weight excluding hydrogens is 305 g/mol. The number of nitrogens with zero attached hydrogens (tertiary/aromatic N) is 3. The maximum absolute atomic E-state index is 12.6. The number of H-pyrrole nitrogens is 1. The summed E-state index contributed by atoms with van der Waals surface area (Å²) in [6, 6.07) is 0.382. The molecule has 0 aromatic carbocycles. The molecule has 7 nitrogen and oxygen atoms in total. The van der Waals surface area contributed by atoms with E-state index in [-0.39, 0.29) is 5.88 Å². The van der Waals surface area contributed by atoms with Crippen LogP contribution in [0.2, 0.25) is 0 Å². The predicted octanol–water partition coefficient (Wildman–Crippen LogP) is 3.39. The lowest BCUT2D eigenvalue weighted by Gasteiger charge is -2.08. The van der Waals surface area contributed by atoms with Crippen LogP contribution in [0.5, 0.6) is 11.8 Å². The third-order valence-corrected chi connectivity index (χ3v) is 2.94. The number of alkyl halides is 3. The SMILES string of the molecule is CCc1c(Oc2ncc(C(F)(F)F)cc2[N+](=O)[O-])n[nH]c1C. The van der Waals surface area contributed by atoms with Gasteiger partial charge >= 0.3 is 17.7 Å². The summed E-state index contributed by atoms with van der Waals surface area (Å²) < 4.78 is 43.0. The average molecular weight is 316 g/mol. The van der Waals surface area contributed by atoms with Crippen LogP contribution in [0.4, 0.5) is 18.9 Å². The number of nitro groups is 1. The topological polar surface area (TPSA) is 93.9 Å². The van der Waals surface area contributed by atoms with Crippen molar-refractivity contribution in [1.82, 2.24) is 15.2 Å². The summed E-state index contributed by atoms with van der Waals surface area (Å²) in [5.41, 5.74) is -0.735. The van der Waals surface area contributed by atoms with Crippen molar-refractivity contribution < 1.29 is 22.8 Å². The van der Waals surface area contributed by atoms with Gasteiger partial charge in [-0.05, 0) is 13.3 Å². The molecular formula is C12H11F3N4O3. The first kappa shape index (κ1) is 15.7. The van der Waals surface area contributed by atoms with Crippen molar-refractivity contribution in [3.63, 3.8) is 0 Å². The molecule has 0 unspecified atom stereocenters. The van der Waals surface area contributed by atoms with Gasteiger partial charge in [-0.2, -0.15) is 13.2 Å². The number of hydrogen-bond acceptors (Lipinski definition) is 5. The van der Waals surface area contributed by atoms with Gasteiger partial charge in [-0.25, -0.2) is 4.98 Å². The fourth-order valence-electron chi connectivity index (χ4n) is 1.83. The fourth-order valence-corrected chi connectivity index (χ4v) is 1.83. The highest BCUT2D eigenvalue weighted by Gasteiger charge is 2.34. The molecule has 0 saturated carbocycles. The molecule has 2 aromatic heterocycles. The number of aromatic amines is 1. The van der Waals surface area contributed by atoms with Gasteiger partial charge in [-0.1, -0.05) is 6.92 Å². The first-order valence-corrected chi connectivity index (χ1v) is 6.17. The molecule has 0 spiro atoms. The van der Waals surface area contributed by atoms with E-state index in [0.29, 0.717) is 29.9 Å². The molecule has 0 fully saturated rings. The molecule has 2 rings (SSSR count). The van der Waals surface area contributed by atoms with Crippen LogP contribution < -0.4 is 4.74 Å². The van der Waals surface area contributed by atoms with Gasteiger partial charge in [0, 0.05) is 23.5 Å². The summed E-state index contributed by atoms with van der Waals surface area (Å²) in [6.45, 7) is 3.55. The van der Waals surface area contributed by atoms with Crippen molar-refractivity contribution in [1.29, 1.82) is 0 Å². The van der Waals surface area contributed by atoms with Gasteiger partial charge in [0.15, 0.2) is 0 Å². The first-order chi connectivity index (χ1) is 10.2. The van der Waals surface area contributed by atoms with Crippen molar-refractivity contribution in [2.45, 2.75) is 26.4 Å². The maximum atomic E-state index is 12.6. The van der Waals surface area contributed by atoms with Crippen LogP contribution >= 0.6 is 0 Å². The number of halogens is 3. The van der Waals surface area contributed by atoms with Crippen LogP contribution in [-0.2, 0) is 12.6 Å². The van der Waals surface area contributed by atoms with Crippen LogP contribution in [0.25, 0.3) is 0 Å². The molecule has 118 valence electrons. The fraction of sp³-hybridized carbons (Fsp3) is 0.333. The molecule has 10 heteroatoms. The number of aromatic nitrogens is 3. The second-order valence-corrected chi connectivity index (χ2v) is 4.39. The van der Waals surface area contributed by atoms with Gasteiger partial charge in [-0.3, -0.25) is 15.2 Å². The van der Waals surface area contributed by atoms with Gasteiger partial charge in [0.1, 0.15) is 0 Å². The number of rotatable bonds is 4. The largest absolute Gasteiger partial charge is 0.418 e. The quantitative estimate of drug-likeness (QED) is 0.689. The standard InChI is InChI=1S/C12H11F3N4O3/c1-3-8-6(2)17-18-10(8)22-11-9(19(20)21)4-7(5-16-11)12(13,14)15/h4-5H,3H2,1-2H3,(H,17,18). The number of aryl methyl sites for hydroxylation is 1. The Morgan fingerprint density at radius 2 is 2.09 bits per heavy atom. The molecule has 0 aliphatic carbocycles. The third kappa shape index (κ3) is 3.00. The molecule has 0 amide bonds. The predicted molar refractivity (Wildman–Crippen MR) is 68.7 cm³/mol. The van der Waals surface area contributed by atoms with E-state index in [0.717, 1.165) is 0 Å². The van der Waals surface area contributed by atoms with Crippen molar-refractivity contribution >= 4 is 5.69 Å². The summed E-state index contributed by atoms with van der Waals surface area (Å²) in [6.07, 6.45) is -3.71. The van der Waals surface area contributed by atoms with Crippen molar-refractivity contribution in [2.75, 3.05) is 0 Å². The zero-order valence-corrected chi connectivity index (χ0v) is 11.6. The van der Waals surface area contributed by atoms with E-state index in [4.69, 9.17) is 4.74 Å². The Bertz CT molecular complexity index is 712. The van der Waals surface area contributed by atoms with Crippen LogP contribution in [0.1, 0.15) is 23.7 Å². The second-order valence-electron chi connectivity index (χ2n) is 4.39. The number of hydrogen-bond donors (Lipinski definition) is 1. The van der Waals surface area contributed by atoms with Gasteiger partial charge in [0.2, 0.25) is 5.88 Å². The van der Waals surface area contributed by atoms with E-state index in [1.807, 2.05) is 6.92 Å². The van der Waals surface area contributed by atoms with Gasteiger partial charge < -0.3 is 4.74 Å². The Morgan fingerprint density at radius 1 is 1.41 bits per heavy atom. The van der Waals surface area contributed by atoms with E-state index in [1.54, 1.807) is 6.92 Å². The van der Waals surface area contributed by atoms with Gasteiger partial charge in [0.25, 0.3) is 0 Å². The monoisotopic (exact) mass is 316 g/mol. The first-order valence-electron chi connectivity index (χ1n) is 6.17. The van der Waals surface area contributed by atoms with Crippen molar-refractivity contribution in [3.8, 4) is 11.8 Å². The summed E-state index contributed by atoms with van der Waals surface area (Å²) in [7, 11) is 0. The molecule has 0 saturated heterocycles. The molecule has 1 N–H and O–H groups in total. The van der Waals surface area contributed by atoms with Gasteiger partial charge in [0.05, 0.1) is 10.5 Å². The smallest absolute Gasteiger partial charge is 0.413 e. The molecule has 2 heterocycles. The minimum atomic E-state index is -4.73. The molecule has 0 radical (unpaired) electrons. The Kier molecular flexibility index (Phi) is 4.02. The summed E-state index contributed by atoms with van der Waals surface area (Å²) in [5.74, 6) is -0.491. The van der Waals surface area contributed by atoms with Crippen LogP contribution in [-0.4, -0.2) is 20.1 Å². The minimum Gasteiger partial charge on any atom is -0.413 e. The molecule has 0 atom stereocenters. The molecule has 22 heavy (non-hydrogen) atoms. The van der Waals surface area contributed by atoms with Crippen LogP contribution in [0.15, 0.2) is 12.3 Å². The zero-order chi connectivity index (χ0) is 16.5. The second kappa shape index (κ2) is 5.62. The summed E-state index contributed by atoms with van der Waals surface area (Å²) in [5, 5.41) is 17.4. The lowest BCUT2D eigenvalue weighted by atomic mass is 10.2. The lowest BCUT2D eigenvalue weighted by molar-refractivity contribution is -0.386. The Hall–Kier alpha value is -2.65. The zero-order valence-electron chi connectivity index (χ0n) is 11.6. The molecule has 0 aliphatic rings. The number of nitrogens with one attached hydrogen (secondary N) is 1. The number of pyridine rings is 1. The van der Waals surface area contributed by atoms with E-state index >= 15 is 0 Å². The highest BCUT2D eigenvalue weighted by atomic mass is 19.4.